The van der Waals surface area contributed by atoms with Crippen LogP contribution in [0.1, 0.15) is 51.9 Å². The summed E-state index contributed by atoms with van der Waals surface area (Å²) in [5.41, 5.74) is 0. The van der Waals surface area contributed by atoms with Crippen molar-refractivity contribution in [1.82, 2.24) is 10.6 Å². The van der Waals surface area contributed by atoms with Gasteiger partial charge in [-0.25, -0.2) is 0 Å². The van der Waals surface area contributed by atoms with Crippen LogP contribution in [-0.2, 0) is 4.79 Å². The third-order valence-electron chi connectivity index (χ3n) is 4.51. The third kappa shape index (κ3) is 4.60. The van der Waals surface area contributed by atoms with Gasteiger partial charge in [-0.1, -0.05) is 19.8 Å². The van der Waals surface area contributed by atoms with E-state index in [0.29, 0.717) is 11.8 Å². The van der Waals surface area contributed by atoms with Gasteiger partial charge in [-0.15, -0.1) is 0 Å². The van der Waals surface area contributed by atoms with Gasteiger partial charge in [0.2, 0.25) is 5.91 Å². The Balaban J connectivity index is 1.62. The summed E-state index contributed by atoms with van der Waals surface area (Å²) < 4.78 is 0. The van der Waals surface area contributed by atoms with E-state index in [1.54, 1.807) is 0 Å². The van der Waals surface area contributed by atoms with Gasteiger partial charge in [0.05, 0.1) is 0 Å². The molecule has 0 aromatic carbocycles. The van der Waals surface area contributed by atoms with E-state index < -0.39 is 0 Å². The number of hydrogen-bond donors (Lipinski definition) is 2. The molecule has 1 aliphatic heterocycles. The number of amides is 1. The van der Waals surface area contributed by atoms with Gasteiger partial charge in [-0.05, 0) is 56.5 Å². The molecule has 2 aliphatic rings. The second-order valence-corrected chi connectivity index (χ2v) is 6.36. The van der Waals surface area contributed by atoms with Crippen molar-refractivity contribution in [2.24, 2.45) is 17.8 Å². The van der Waals surface area contributed by atoms with E-state index >= 15 is 0 Å². The zero-order chi connectivity index (χ0) is 12.8. The molecule has 2 N–H and O–H groups in total. The van der Waals surface area contributed by atoms with Crippen LogP contribution in [0.2, 0.25) is 0 Å². The summed E-state index contributed by atoms with van der Waals surface area (Å²) in [7, 11) is 0. The molecule has 0 radical (unpaired) electrons. The Kier molecular flexibility index (Phi) is 5.48. The van der Waals surface area contributed by atoms with Crippen molar-refractivity contribution in [3.05, 3.63) is 0 Å². The molecule has 3 heteroatoms. The lowest BCUT2D eigenvalue weighted by atomic mass is 9.81. The van der Waals surface area contributed by atoms with Gasteiger partial charge < -0.3 is 10.6 Å². The summed E-state index contributed by atoms with van der Waals surface area (Å²) in [5.74, 6) is 2.38. The van der Waals surface area contributed by atoms with Crippen LogP contribution < -0.4 is 10.6 Å². The highest BCUT2D eigenvalue weighted by atomic mass is 16.1. The first-order valence-electron chi connectivity index (χ1n) is 7.71. The van der Waals surface area contributed by atoms with Crippen LogP contribution in [0.5, 0.6) is 0 Å². The summed E-state index contributed by atoms with van der Waals surface area (Å²) in [6, 6.07) is 0. The molecule has 1 heterocycles. The van der Waals surface area contributed by atoms with Crippen LogP contribution in [0.15, 0.2) is 0 Å². The zero-order valence-electron chi connectivity index (χ0n) is 11.7. The maximum absolute atomic E-state index is 11.9. The van der Waals surface area contributed by atoms with E-state index in [1.807, 2.05) is 0 Å². The van der Waals surface area contributed by atoms with Crippen LogP contribution in [-0.4, -0.2) is 25.5 Å². The van der Waals surface area contributed by atoms with Gasteiger partial charge in [0.25, 0.3) is 0 Å². The Hall–Kier alpha value is -0.570. The van der Waals surface area contributed by atoms with E-state index in [9.17, 15) is 4.79 Å². The molecule has 3 nitrogen and oxygen atoms in total. The Bertz CT molecular complexity index is 261. The molecule has 104 valence electrons. The lowest BCUT2D eigenvalue weighted by Gasteiger charge is -2.27. The van der Waals surface area contributed by atoms with Crippen molar-refractivity contribution in [3.8, 4) is 0 Å². The Morgan fingerprint density at radius 2 is 2.06 bits per heavy atom. The summed E-state index contributed by atoms with van der Waals surface area (Å²) in [6.45, 7) is 5.40. The van der Waals surface area contributed by atoms with Gasteiger partial charge in [-0.3, -0.25) is 4.79 Å². The average Bonchev–Trinajstić information content (AvgIpc) is 2.38. The minimum absolute atomic E-state index is 0.277. The molecule has 3 atom stereocenters. The molecular weight excluding hydrogens is 224 g/mol. The lowest BCUT2D eigenvalue weighted by Crippen LogP contribution is -2.38. The molecule has 2 rings (SSSR count). The standard InChI is InChI=1S/C15H28N2O/c1-12-4-2-5-13(8-12)9-15(18)17-11-14-6-3-7-16-10-14/h12-14,16H,2-11H2,1H3,(H,17,18). The molecule has 1 amide bonds. The van der Waals surface area contributed by atoms with Crippen LogP contribution in [0.3, 0.4) is 0 Å². The highest BCUT2D eigenvalue weighted by Crippen LogP contribution is 2.30. The fourth-order valence-corrected chi connectivity index (χ4v) is 3.44. The molecule has 0 aromatic heterocycles. The van der Waals surface area contributed by atoms with E-state index in [1.165, 1.54) is 38.5 Å². The summed E-state index contributed by atoms with van der Waals surface area (Å²) in [6.07, 6.45) is 8.43. The van der Waals surface area contributed by atoms with Gasteiger partial charge >= 0.3 is 0 Å². The number of carbonyl (C=O) groups excluding carboxylic acids is 1. The van der Waals surface area contributed by atoms with Crippen molar-refractivity contribution in [1.29, 1.82) is 0 Å². The molecule has 1 aliphatic carbocycles. The van der Waals surface area contributed by atoms with Crippen molar-refractivity contribution >= 4 is 5.91 Å². The SMILES string of the molecule is CC1CCCC(CC(=O)NCC2CCCNC2)C1. The molecule has 0 aromatic rings. The molecule has 18 heavy (non-hydrogen) atoms. The summed E-state index contributed by atoms with van der Waals surface area (Å²) in [5, 5.41) is 6.53. The van der Waals surface area contributed by atoms with Crippen LogP contribution in [0, 0.1) is 17.8 Å². The molecule has 1 saturated heterocycles. The predicted molar refractivity (Wildman–Crippen MR) is 74.3 cm³/mol. The monoisotopic (exact) mass is 252 g/mol. The lowest BCUT2D eigenvalue weighted by molar-refractivity contribution is -0.122. The molecule has 3 unspecified atom stereocenters. The zero-order valence-corrected chi connectivity index (χ0v) is 11.7. The first-order valence-corrected chi connectivity index (χ1v) is 7.71. The van der Waals surface area contributed by atoms with Crippen LogP contribution in [0.25, 0.3) is 0 Å². The first-order chi connectivity index (χ1) is 8.74. The fraction of sp³-hybridized carbons (Fsp3) is 0.933. The number of rotatable bonds is 4. The van der Waals surface area contributed by atoms with Crippen molar-refractivity contribution in [2.75, 3.05) is 19.6 Å². The Labute approximate surface area is 111 Å². The average molecular weight is 252 g/mol. The summed E-state index contributed by atoms with van der Waals surface area (Å²) >= 11 is 0. The number of piperidine rings is 1. The van der Waals surface area contributed by atoms with Crippen molar-refractivity contribution in [2.45, 2.75) is 51.9 Å². The molecule has 0 spiro atoms. The smallest absolute Gasteiger partial charge is 0.220 e. The fourth-order valence-electron chi connectivity index (χ4n) is 3.44. The van der Waals surface area contributed by atoms with E-state index in [2.05, 4.69) is 17.6 Å². The number of nitrogens with one attached hydrogen (secondary N) is 2. The molecule has 2 fully saturated rings. The van der Waals surface area contributed by atoms with Crippen LogP contribution in [0.4, 0.5) is 0 Å². The molecular formula is C15H28N2O. The second kappa shape index (κ2) is 7.13. The second-order valence-electron chi connectivity index (χ2n) is 6.36. The van der Waals surface area contributed by atoms with Crippen molar-refractivity contribution < 1.29 is 4.79 Å². The van der Waals surface area contributed by atoms with Crippen LogP contribution >= 0.6 is 0 Å². The van der Waals surface area contributed by atoms with Crippen molar-refractivity contribution in [3.63, 3.8) is 0 Å². The third-order valence-corrected chi connectivity index (χ3v) is 4.51. The van der Waals surface area contributed by atoms with Gasteiger partial charge in [0, 0.05) is 13.0 Å². The van der Waals surface area contributed by atoms with E-state index in [-0.39, 0.29) is 5.91 Å². The van der Waals surface area contributed by atoms with Gasteiger partial charge in [0.1, 0.15) is 0 Å². The normalized spacial score (nSPS) is 33.1. The molecule has 0 bridgehead atoms. The van der Waals surface area contributed by atoms with E-state index in [4.69, 9.17) is 0 Å². The first kappa shape index (κ1) is 13.9. The largest absolute Gasteiger partial charge is 0.356 e. The van der Waals surface area contributed by atoms with Gasteiger partial charge in [-0.2, -0.15) is 0 Å². The minimum atomic E-state index is 0.277. The highest BCUT2D eigenvalue weighted by molar-refractivity contribution is 5.76. The number of hydrogen-bond acceptors (Lipinski definition) is 2. The molecule has 1 saturated carbocycles. The quantitative estimate of drug-likeness (QED) is 0.806. The maximum atomic E-state index is 11.9. The predicted octanol–water partition coefficient (Wildman–Crippen LogP) is 2.32. The topological polar surface area (TPSA) is 41.1 Å². The minimum Gasteiger partial charge on any atom is -0.356 e. The van der Waals surface area contributed by atoms with E-state index in [0.717, 1.165) is 32.0 Å². The number of carbonyl (C=O) groups is 1. The Morgan fingerprint density at radius 3 is 2.78 bits per heavy atom. The van der Waals surface area contributed by atoms with Gasteiger partial charge in [0.15, 0.2) is 0 Å². The summed E-state index contributed by atoms with van der Waals surface area (Å²) in [4.78, 5) is 11.9. The Morgan fingerprint density at radius 1 is 1.22 bits per heavy atom. The maximum Gasteiger partial charge on any atom is 0.220 e. The highest BCUT2D eigenvalue weighted by Gasteiger charge is 2.21.